The van der Waals surface area contributed by atoms with Gasteiger partial charge in [0.1, 0.15) is 0 Å². The third-order valence-corrected chi connectivity index (χ3v) is 2.82. The Morgan fingerprint density at radius 1 is 1.53 bits per heavy atom. The maximum atomic E-state index is 10.5. The molecule has 0 spiro atoms. The second-order valence-corrected chi connectivity index (χ2v) is 4.11. The predicted molar refractivity (Wildman–Crippen MR) is 59.5 cm³/mol. The van der Waals surface area contributed by atoms with Crippen molar-refractivity contribution in [2.45, 2.75) is 11.7 Å². The van der Waals surface area contributed by atoms with Crippen LogP contribution in [0.4, 0.5) is 0 Å². The number of carboxylic acids is 1. The van der Waals surface area contributed by atoms with Crippen molar-refractivity contribution in [1.29, 1.82) is 0 Å². The van der Waals surface area contributed by atoms with Crippen LogP contribution in [0.25, 0.3) is 0 Å². The highest BCUT2D eigenvalue weighted by Gasteiger charge is 2.09. The van der Waals surface area contributed by atoms with Crippen LogP contribution in [0.15, 0.2) is 29.7 Å². The molecule has 7 nitrogen and oxygen atoms in total. The lowest BCUT2D eigenvalue weighted by Gasteiger charge is -2.02. The first-order valence-electron chi connectivity index (χ1n) is 4.75. The van der Waals surface area contributed by atoms with Gasteiger partial charge in [0.25, 0.3) is 0 Å². The molecule has 0 saturated heterocycles. The molecule has 0 aliphatic rings. The van der Waals surface area contributed by atoms with E-state index in [0.29, 0.717) is 11.7 Å². The Morgan fingerprint density at radius 2 is 2.41 bits per heavy atom. The maximum absolute atomic E-state index is 10.5. The van der Waals surface area contributed by atoms with E-state index < -0.39 is 5.97 Å². The van der Waals surface area contributed by atoms with Crippen molar-refractivity contribution < 1.29 is 9.90 Å². The van der Waals surface area contributed by atoms with Crippen LogP contribution in [0.5, 0.6) is 0 Å². The van der Waals surface area contributed by atoms with Crippen molar-refractivity contribution in [3.8, 4) is 0 Å². The summed E-state index contributed by atoms with van der Waals surface area (Å²) in [5, 5.41) is 20.2. The summed E-state index contributed by atoms with van der Waals surface area (Å²) in [7, 11) is 0. The summed E-state index contributed by atoms with van der Waals surface area (Å²) < 4.78 is 1.55. The minimum atomic E-state index is -0.897. The Morgan fingerprint density at radius 3 is 3.12 bits per heavy atom. The van der Waals surface area contributed by atoms with Gasteiger partial charge in [0, 0.05) is 12.4 Å². The summed E-state index contributed by atoms with van der Waals surface area (Å²) in [5.41, 5.74) is 0.956. The highest BCUT2D eigenvalue weighted by atomic mass is 32.2. The summed E-state index contributed by atoms with van der Waals surface area (Å²) in [6.07, 6.45) is 3.40. The first-order valence-corrected chi connectivity index (χ1v) is 5.74. The number of pyridine rings is 1. The van der Waals surface area contributed by atoms with Gasteiger partial charge in [-0.3, -0.25) is 9.78 Å². The average molecular weight is 251 g/mol. The van der Waals surface area contributed by atoms with Gasteiger partial charge in [-0.1, -0.05) is 17.8 Å². The van der Waals surface area contributed by atoms with Crippen LogP contribution in [-0.4, -0.2) is 42.0 Å². The van der Waals surface area contributed by atoms with Crippen molar-refractivity contribution in [2.24, 2.45) is 0 Å². The van der Waals surface area contributed by atoms with Crippen LogP contribution in [0, 0.1) is 0 Å². The smallest absolute Gasteiger partial charge is 0.313 e. The third kappa shape index (κ3) is 3.25. The maximum Gasteiger partial charge on any atom is 0.313 e. The van der Waals surface area contributed by atoms with Gasteiger partial charge in [0.15, 0.2) is 0 Å². The molecule has 0 aliphatic carbocycles. The molecule has 8 heteroatoms. The molecule has 2 aromatic rings. The molecule has 0 saturated carbocycles. The van der Waals surface area contributed by atoms with E-state index in [2.05, 4.69) is 20.5 Å². The van der Waals surface area contributed by atoms with E-state index in [1.54, 1.807) is 17.1 Å². The summed E-state index contributed by atoms with van der Waals surface area (Å²) in [4.78, 5) is 14.4. The zero-order valence-electron chi connectivity index (χ0n) is 8.72. The van der Waals surface area contributed by atoms with Gasteiger partial charge in [-0.2, -0.15) is 0 Å². The van der Waals surface area contributed by atoms with E-state index in [-0.39, 0.29) is 5.75 Å². The molecule has 2 aromatic heterocycles. The van der Waals surface area contributed by atoms with Gasteiger partial charge in [-0.05, 0) is 22.1 Å². The van der Waals surface area contributed by atoms with Gasteiger partial charge in [0.05, 0.1) is 12.3 Å². The molecule has 2 heterocycles. The zero-order chi connectivity index (χ0) is 12.1. The Kier molecular flexibility index (Phi) is 3.66. The number of tetrazole rings is 1. The second-order valence-electron chi connectivity index (χ2n) is 3.16. The summed E-state index contributed by atoms with van der Waals surface area (Å²) in [5.74, 6) is -0.959. The monoisotopic (exact) mass is 251 g/mol. The molecule has 0 atom stereocenters. The second kappa shape index (κ2) is 5.39. The molecule has 17 heavy (non-hydrogen) atoms. The van der Waals surface area contributed by atoms with Crippen molar-refractivity contribution in [2.75, 3.05) is 5.75 Å². The molecular formula is C9H9N5O2S. The molecule has 0 aromatic carbocycles. The molecule has 2 rings (SSSR count). The van der Waals surface area contributed by atoms with Crippen LogP contribution >= 0.6 is 11.8 Å². The van der Waals surface area contributed by atoms with Gasteiger partial charge in [-0.25, -0.2) is 4.68 Å². The van der Waals surface area contributed by atoms with Crippen LogP contribution in [-0.2, 0) is 11.3 Å². The van der Waals surface area contributed by atoms with Gasteiger partial charge < -0.3 is 5.11 Å². The highest BCUT2D eigenvalue weighted by Crippen LogP contribution is 2.14. The minimum Gasteiger partial charge on any atom is -0.481 e. The average Bonchev–Trinajstić information content (AvgIpc) is 2.75. The van der Waals surface area contributed by atoms with Crippen molar-refractivity contribution >= 4 is 17.7 Å². The summed E-state index contributed by atoms with van der Waals surface area (Å²) in [6, 6.07) is 3.73. The molecule has 0 radical (unpaired) electrons. The fourth-order valence-corrected chi connectivity index (χ4v) is 1.79. The number of nitrogens with zero attached hydrogens (tertiary/aromatic N) is 5. The largest absolute Gasteiger partial charge is 0.481 e. The zero-order valence-corrected chi connectivity index (χ0v) is 9.54. The Hall–Kier alpha value is -1.96. The number of thioether (sulfide) groups is 1. The predicted octanol–water partition coefficient (Wildman–Crippen LogP) is 0.293. The lowest BCUT2D eigenvalue weighted by Crippen LogP contribution is -2.06. The quantitative estimate of drug-likeness (QED) is 0.763. The lowest BCUT2D eigenvalue weighted by molar-refractivity contribution is -0.133. The Balaban J connectivity index is 2.06. The van der Waals surface area contributed by atoms with Crippen molar-refractivity contribution in [1.82, 2.24) is 25.2 Å². The SMILES string of the molecule is O=C(O)CSc1nnnn1Cc1cccnc1. The van der Waals surface area contributed by atoms with Gasteiger partial charge in [-0.15, -0.1) is 5.10 Å². The summed E-state index contributed by atoms with van der Waals surface area (Å²) >= 11 is 1.09. The van der Waals surface area contributed by atoms with E-state index in [0.717, 1.165) is 17.3 Å². The van der Waals surface area contributed by atoms with E-state index >= 15 is 0 Å². The fourth-order valence-electron chi connectivity index (χ4n) is 1.19. The first kappa shape index (κ1) is 11.5. The van der Waals surface area contributed by atoms with Crippen LogP contribution in [0.3, 0.4) is 0 Å². The number of hydrogen-bond donors (Lipinski definition) is 1. The van der Waals surface area contributed by atoms with Crippen molar-refractivity contribution in [3.05, 3.63) is 30.1 Å². The standard InChI is InChI=1S/C9H9N5O2S/c15-8(16)6-17-9-11-12-13-14(9)5-7-2-1-3-10-4-7/h1-4H,5-6H2,(H,15,16). The van der Waals surface area contributed by atoms with E-state index in [4.69, 9.17) is 5.11 Å². The van der Waals surface area contributed by atoms with Crippen LogP contribution in [0.2, 0.25) is 0 Å². The van der Waals surface area contributed by atoms with E-state index in [1.165, 1.54) is 0 Å². The van der Waals surface area contributed by atoms with Crippen LogP contribution in [0.1, 0.15) is 5.56 Å². The number of aromatic nitrogens is 5. The molecule has 0 unspecified atom stereocenters. The van der Waals surface area contributed by atoms with E-state index in [9.17, 15) is 4.79 Å². The molecule has 0 amide bonds. The topological polar surface area (TPSA) is 93.8 Å². The van der Waals surface area contributed by atoms with Crippen LogP contribution < -0.4 is 0 Å². The number of carbonyl (C=O) groups is 1. The molecule has 0 aliphatic heterocycles. The number of rotatable bonds is 5. The highest BCUT2D eigenvalue weighted by molar-refractivity contribution is 7.99. The summed E-state index contributed by atoms with van der Waals surface area (Å²) in [6.45, 7) is 0.475. The van der Waals surface area contributed by atoms with Gasteiger partial charge >= 0.3 is 5.97 Å². The lowest BCUT2D eigenvalue weighted by atomic mass is 10.3. The fraction of sp³-hybridized carbons (Fsp3) is 0.222. The molecule has 88 valence electrons. The van der Waals surface area contributed by atoms with Crippen molar-refractivity contribution in [3.63, 3.8) is 0 Å². The third-order valence-electron chi connectivity index (χ3n) is 1.88. The molecular weight excluding hydrogens is 242 g/mol. The molecule has 0 bridgehead atoms. The Labute approximate surface area is 101 Å². The number of carboxylic acid groups (broad SMARTS) is 1. The number of hydrogen-bond acceptors (Lipinski definition) is 6. The number of aliphatic carboxylic acids is 1. The van der Waals surface area contributed by atoms with Gasteiger partial charge in [0.2, 0.25) is 5.16 Å². The van der Waals surface area contributed by atoms with E-state index in [1.807, 2.05) is 12.1 Å². The molecule has 0 fully saturated rings. The normalized spacial score (nSPS) is 10.4. The minimum absolute atomic E-state index is 0.0621. The Bertz CT molecular complexity index is 501. The molecule has 1 N–H and O–H groups in total. The first-order chi connectivity index (χ1) is 8.25.